The zero-order chi connectivity index (χ0) is 22.2. The second-order valence-corrected chi connectivity index (χ2v) is 8.12. The molecule has 0 aliphatic carbocycles. The smallest absolute Gasteiger partial charge is 0.316 e. The van der Waals surface area contributed by atoms with Gasteiger partial charge in [0, 0.05) is 25.8 Å². The van der Waals surface area contributed by atoms with E-state index in [1.54, 1.807) is 12.4 Å². The number of carboxylic acids is 1. The van der Waals surface area contributed by atoms with Crippen LogP contribution in [0, 0.1) is 5.92 Å². The fourth-order valence-electron chi connectivity index (χ4n) is 3.79. The second kappa shape index (κ2) is 10.9. The van der Waals surface area contributed by atoms with E-state index >= 15 is 0 Å². The van der Waals surface area contributed by atoms with Crippen LogP contribution in [0.25, 0.3) is 0 Å². The van der Waals surface area contributed by atoms with Crippen LogP contribution in [-0.4, -0.2) is 53.5 Å². The van der Waals surface area contributed by atoms with Gasteiger partial charge in [0.05, 0.1) is 42.5 Å². The minimum Gasteiger partial charge on any atom is -0.481 e. The number of benzene rings is 1. The fourth-order valence-corrected chi connectivity index (χ4v) is 3.79. The van der Waals surface area contributed by atoms with Crippen molar-refractivity contribution in [3.05, 3.63) is 36.2 Å². The molecule has 1 aromatic carbocycles. The highest BCUT2D eigenvalue weighted by Crippen LogP contribution is 2.34. The number of carbonyl (C=O) groups is 1. The number of anilines is 3. The normalized spacial score (nSPS) is 14.5. The standard InChI is InChI=1S/C23H32N4O4/c1-4-31-23-24-13-18(14-25-23)26-20-11-17(12-22(28)29)5-6-21(20)27(15-16(2)3)19-7-9-30-10-8-19/h5-6,11,13-14,16,19,26H,4,7-10,12,15H2,1-3H3,(H,28,29). The number of aliphatic carboxylic acids is 1. The Morgan fingerprint density at radius 2 is 2.00 bits per heavy atom. The number of aromatic nitrogens is 2. The monoisotopic (exact) mass is 428 g/mol. The van der Waals surface area contributed by atoms with Crippen LogP contribution in [0.3, 0.4) is 0 Å². The Labute approximate surface area is 183 Å². The third-order valence-electron chi connectivity index (χ3n) is 5.10. The van der Waals surface area contributed by atoms with Crippen LogP contribution in [0.4, 0.5) is 17.1 Å². The first kappa shape index (κ1) is 22.8. The number of carboxylic acid groups (broad SMARTS) is 1. The van der Waals surface area contributed by atoms with Gasteiger partial charge >= 0.3 is 12.0 Å². The topological polar surface area (TPSA) is 96.8 Å². The molecule has 0 radical (unpaired) electrons. The van der Waals surface area contributed by atoms with Gasteiger partial charge in [-0.3, -0.25) is 4.79 Å². The number of rotatable bonds is 10. The van der Waals surface area contributed by atoms with Crippen molar-refractivity contribution in [2.45, 2.75) is 46.1 Å². The first-order valence-electron chi connectivity index (χ1n) is 10.9. The zero-order valence-electron chi connectivity index (χ0n) is 18.5. The van der Waals surface area contributed by atoms with Crippen LogP contribution < -0.4 is 15.0 Å². The van der Waals surface area contributed by atoms with Gasteiger partial charge in [0.25, 0.3) is 0 Å². The average Bonchev–Trinajstić information content (AvgIpc) is 2.74. The van der Waals surface area contributed by atoms with Gasteiger partial charge in [0.15, 0.2) is 0 Å². The summed E-state index contributed by atoms with van der Waals surface area (Å²) in [6.07, 6.45) is 5.25. The highest BCUT2D eigenvalue weighted by molar-refractivity contribution is 5.78. The van der Waals surface area contributed by atoms with E-state index in [-0.39, 0.29) is 6.42 Å². The number of hydrogen-bond acceptors (Lipinski definition) is 7. The fraction of sp³-hybridized carbons (Fsp3) is 0.522. The third kappa shape index (κ3) is 6.55. The van der Waals surface area contributed by atoms with Gasteiger partial charge in [0.2, 0.25) is 0 Å². The molecule has 0 bridgehead atoms. The molecule has 2 heterocycles. The molecule has 0 atom stereocenters. The number of ether oxygens (including phenoxy) is 2. The van der Waals surface area contributed by atoms with Crippen molar-refractivity contribution in [3.63, 3.8) is 0 Å². The average molecular weight is 429 g/mol. The van der Waals surface area contributed by atoms with Crippen LogP contribution in [0.5, 0.6) is 6.01 Å². The first-order valence-corrected chi connectivity index (χ1v) is 10.9. The molecule has 2 N–H and O–H groups in total. The lowest BCUT2D eigenvalue weighted by Crippen LogP contribution is -2.42. The maximum atomic E-state index is 11.3. The zero-order valence-corrected chi connectivity index (χ0v) is 18.5. The summed E-state index contributed by atoms with van der Waals surface area (Å²) in [5.74, 6) is -0.380. The van der Waals surface area contributed by atoms with E-state index in [1.807, 2.05) is 25.1 Å². The summed E-state index contributed by atoms with van der Waals surface area (Å²) in [6, 6.07) is 6.53. The summed E-state index contributed by atoms with van der Waals surface area (Å²) in [5.41, 5.74) is 3.35. The van der Waals surface area contributed by atoms with Crippen molar-refractivity contribution in [1.82, 2.24) is 9.97 Å². The molecule has 2 aromatic rings. The Bertz CT molecular complexity index is 851. The van der Waals surface area contributed by atoms with Crippen molar-refractivity contribution >= 4 is 23.0 Å². The summed E-state index contributed by atoms with van der Waals surface area (Å²) in [7, 11) is 0. The minimum atomic E-state index is -0.855. The number of nitrogens with zero attached hydrogens (tertiary/aromatic N) is 3. The molecule has 0 amide bonds. The predicted octanol–water partition coefficient (Wildman–Crippen LogP) is 3.89. The van der Waals surface area contributed by atoms with Crippen molar-refractivity contribution < 1.29 is 19.4 Å². The molecule has 1 aliphatic rings. The van der Waals surface area contributed by atoms with Gasteiger partial charge in [-0.05, 0) is 43.4 Å². The molecule has 168 valence electrons. The second-order valence-electron chi connectivity index (χ2n) is 8.12. The summed E-state index contributed by atoms with van der Waals surface area (Å²) in [5, 5.41) is 12.7. The Hall–Kier alpha value is -2.87. The lowest BCUT2D eigenvalue weighted by molar-refractivity contribution is -0.136. The van der Waals surface area contributed by atoms with E-state index in [9.17, 15) is 9.90 Å². The molecule has 8 nitrogen and oxygen atoms in total. The molecule has 0 spiro atoms. The molecular formula is C23H32N4O4. The molecule has 1 aliphatic heterocycles. The van der Waals surface area contributed by atoms with Crippen molar-refractivity contribution in [1.29, 1.82) is 0 Å². The lowest BCUT2D eigenvalue weighted by Gasteiger charge is -2.38. The van der Waals surface area contributed by atoms with Crippen LogP contribution >= 0.6 is 0 Å². The Morgan fingerprint density at radius 3 is 2.61 bits per heavy atom. The van der Waals surface area contributed by atoms with Crippen LogP contribution in [-0.2, 0) is 16.0 Å². The van der Waals surface area contributed by atoms with E-state index in [0.717, 1.165) is 49.5 Å². The number of nitrogens with one attached hydrogen (secondary N) is 1. The van der Waals surface area contributed by atoms with E-state index in [1.165, 1.54) is 0 Å². The summed E-state index contributed by atoms with van der Waals surface area (Å²) in [4.78, 5) is 22.2. The van der Waals surface area contributed by atoms with E-state index in [2.05, 4.69) is 34.0 Å². The van der Waals surface area contributed by atoms with Crippen LogP contribution in [0.15, 0.2) is 30.6 Å². The van der Waals surface area contributed by atoms with Crippen LogP contribution in [0.2, 0.25) is 0 Å². The highest BCUT2D eigenvalue weighted by atomic mass is 16.5. The summed E-state index contributed by atoms with van der Waals surface area (Å²) >= 11 is 0. The van der Waals surface area contributed by atoms with Gasteiger partial charge in [-0.25, -0.2) is 9.97 Å². The van der Waals surface area contributed by atoms with Crippen molar-refractivity contribution in [2.75, 3.05) is 36.6 Å². The maximum absolute atomic E-state index is 11.3. The summed E-state index contributed by atoms with van der Waals surface area (Å²) < 4.78 is 10.9. The Morgan fingerprint density at radius 1 is 1.29 bits per heavy atom. The SMILES string of the molecule is CCOc1ncc(Nc2cc(CC(=O)O)ccc2N(CC(C)C)C2CCOCC2)cn1. The number of hydrogen-bond donors (Lipinski definition) is 2. The van der Waals surface area contributed by atoms with Gasteiger partial charge in [-0.15, -0.1) is 0 Å². The largest absolute Gasteiger partial charge is 0.481 e. The van der Waals surface area contributed by atoms with Gasteiger partial charge in [0.1, 0.15) is 0 Å². The molecule has 0 unspecified atom stereocenters. The molecule has 0 saturated carbocycles. The van der Waals surface area contributed by atoms with Gasteiger partial charge < -0.3 is 24.8 Å². The molecule has 1 saturated heterocycles. The van der Waals surface area contributed by atoms with Gasteiger partial charge in [-0.1, -0.05) is 19.9 Å². The minimum absolute atomic E-state index is 0.0316. The predicted molar refractivity (Wildman–Crippen MR) is 120 cm³/mol. The van der Waals surface area contributed by atoms with Crippen LogP contribution in [0.1, 0.15) is 39.2 Å². The van der Waals surface area contributed by atoms with E-state index in [0.29, 0.717) is 30.3 Å². The maximum Gasteiger partial charge on any atom is 0.316 e. The molecule has 1 fully saturated rings. The molecule has 3 rings (SSSR count). The molecule has 31 heavy (non-hydrogen) atoms. The molecule has 1 aromatic heterocycles. The third-order valence-corrected chi connectivity index (χ3v) is 5.10. The quantitative estimate of drug-likeness (QED) is 0.588. The summed E-state index contributed by atoms with van der Waals surface area (Å²) in [6.45, 7) is 9.21. The van der Waals surface area contributed by atoms with Crippen molar-refractivity contribution in [2.24, 2.45) is 5.92 Å². The molecule has 8 heteroatoms. The Balaban J connectivity index is 1.95. The first-order chi connectivity index (χ1) is 15.0. The van der Waals surface area contributed by atoms with E-state index < -0.39 is 5.97 Å². The van der Waals surface area contributed by atoms with Gasteiger partial charge in [-0.2, -0.15) is 0 Å². The highest BCUT2D eigenvalue weighted by Gasteiger charge is 2.25. The van der Waals surface area contributed by atoms with E-state index in [4.69, 9.17) is 9.47 Å². The lowest BCUT2D eigenvalue weighted by atomic mass is 10.0. The van der Waals surface area contributed by atoms with Crippen molar-refractivity contribution in [3.8, 4) is 6.01 Å². The Kier molecular flexibility index (Phi) is 8.06. The molecular weight excluding hydrogens is 396 g/mol.